The van der Waals surface area contributed by atoms with Crippen LogP contribution in [-0.4, -0.2) is 28.9 Å². The number of rotatable bonds is 6. The van der Waals surface area contributed by atoms with Crippen LogP contribution in [0, 0.1) is 12.3 Å². The minimum absolute atomic E-state index is 0.0698. The lowest BCUT2D eigenvalue weighted by Crippen LogP contribution is -2.32. The van der Waals surface area contributed by atoms with Crippen molar-refractivity contribution in [2.24, 2.45) is 11.5 Å². The average molecular weight is 514 g/mol. The molecule has 2 aromatic heterocycles. The topological polar surface area (TPSA) is 139 Å². The van der Waals surface area contributed by atoms with Crippen molar-refractivity contribution in [2.75, 3.05) is 8.85 Å². The minimum atomic E-state index is -0.504. The summed E-state index contributed by atoms with van der Waals surface area (Å²) >= 11 is 3.21. The van der Waals surface area contributed by atoms with Gasteiger partial charge in [-0.15, -0.1) is 11.3 Å². The molecular formula is C18H23IN6O2S. The van der Waals surface area contributed by atoms with E-state index in [-0.39, 0.29) is 18.0 Å². The van der Waals surface area contributed by atoms with Crippen LogP contribution in [0.5, 0.6) is 5.88 Å². The third-order valence-corrected chi connectivity index (χ3v) is 6.86. The smallest absolute Gasteiger partial charge is 0.259 e. The Bertz CT molecular complexity index is 879. The fraction of sp³-hybridized carbons (Fsp3) is 0.389. The minimum Gasteiger partial charge on any atom is -0.473 e. The van der Waals surface area contributed by atoms with Crippen molar-refractivity contribution in [2.45, 2.75) is 44.8 Å². The molecular weight excluding hydrogens is 491 g/mol. The first-order valence-electron chi connectivity index (χ1n) is 8.93. The van der Waals surface area contributed by atoms with Gasteiger partial charge in [0.25, 0.3) is 5.91 Å². The van der Waals surface area contributed by atoms with Crippen molar-refractivity contribution in [1.82, 2.24) is 4.98 Å². The van der Waals surface area contributed by atoms with Gasteiger partial charge in [0, 0.05) is 12.2 Å². The zero-order chi connectivity index (χ0) is 20.3. The predicted octanol–water partition coefficient (Wildman–Crippen LogP) is 3.40. The van der Waals surface area contributed by atoms with Gasteiger partial charge in [-0.2, -0.15) is 0 Å². The van der Waals surface area contributed by atoms with Crippen molar-refractivity contribution < 1.29 is 9.53 Å². The Labute approximate surface area is 181 Å². The van der Waals surface area contributed by atoms with E-state index in [4.69, 9.17) is 21.6 Å². The fourth-order valence-electron chi connectivity index (χ4n) is 3.26. The van der Waals surface area contributed by atoms with Gasteiger partial charge in [0.2, 0.25) is 5.88 Å². The lowest BCUT2D eigenvalue weighted by atomic mass is 9.94. The molecule has 3 rings (SSSR count). The molecule has 150 valence electrons. The van der Waals surface area contributed by atoms with Crippen LogP contribution in [-0.2, 0) is 0 Å². The number of amidine groups is 1. The van der Waals surface area contributed by atoms with Crippen LogP contribution in [0.2, 0.25) is 0 Å². The number of hydrogen-bond acceptors (Lipinski definition) is 7. The number of nitrogens with one attached hydrogen (secondary N) is 3. The summed E-state index contributed by atoms with van der Waals surface area (Å²) < 4.78 is 9.09. The number of aromatic nitrogens is 1. The van der Waals surface area contributed by atoms with E-state index in [0.29, 0.717) is 32.6 Å². The highest BCUT2D eigenvalue weighted by Crippen LogP contribution is 2.35. The SMILES string of the molecule is Cc1c(C(N)=O)sc(NI)c1C(=N)Nc1cccnc1O[C@H]1CC[C@H](N)CC1. The van der Waals surface area contributed by atoms with Gasteiger partial charge >= 0.3 is 0 Å². The number of amides is 1. The molecule has 2 heterocycles. The maximum atomic E-state index is 11.7. The van der Waals surface area contributed by atoms with Crippen molar-refractivity contribution in [3.8, 4) is 5.88 Å². The molecule has 1 saturated carbocycles. The number of pyridine rings is 1. The summed E-state index contributed by atoms with van der Waals surface area (Å²) in [4.78, 5) is 16.4. The Morgan fingerprint density at radius 3 is 2.75 bits per heavy atom. The molecule has 0 radical (unpaired) electrons. The molecule has 0 atom stereocenters. The first-order valence-corrected chi connectivity index (χ1v) is 10.8. The molecule has 7 N–H and O–H groups in total. The molecule has 0 saturated heterocycles. The van der Waals surface area contributed by atoms with Crippen LogP contribution >= 0.6 is 34.2 Å². The van der Waals surface area contributed by atoms with Crippen molar-refractivity contribution in [1.29, 1.82) is 5.41 Å². The van der Waals surface area contributed by atoms with Crippen LogP contribution < -0.4 is 25.1 Å². The Hall–Kier alpha value is -1.92. The summed E-state index contributed by atoms with van der Waals surface area (Å²) in [5, 5.41) is 12.3. The number of nitrogens with two attached hydrogens (primary N) is 2. The molecule has 1 amide bonds. The van der Waals surface area contributed by atoms with Crippen LogP contribution in [0.15, 0.2) is 18.3 Å². The second-order valence-electron chi connectivity index (χ2n) is 6.73. The van der Waals surface area contributed by atoms with Gasteiger partial charge in [-0.05, 0) is 50.3 Å². The van der Waals surface area contributed by atoms with Crippen LogP contribution in [0.1, 0.15) is 46.5 Å². The Morgan fingerprint density at radius 2 is 2.11 bits per heavy atom. The average Bonchev–Trinajstić information content (AvgIpc) is 3.02. The van der Waals surface area contributed by atoms with Gasteiger partial charge < -0.3 is 25.1 Å². The third-order valence-electron chi connectivity index (χ3n) is 4.73. The standard InChI is InChI=1S/C18H23IN6O2S/c1-9-13(18(25-19)28-14(9)16(22)26)15(21)24-12-3-2-8-23-17(12)27-11-6-4-10(20)5-7-11/h2-3,8,10-11,25H,4-7,20H2,1H3,(H2,21,24)(H2,22,26)/t10-,11-. The molecule has 8 nitrogen and oxygen atoms in total. The number of thiophene rings is 1. The first-order chi connectivity index (χ1) is 13.4. The quantitative estimate of drug-likeness (QED) is 0.173. The Morgan fingerprint density at radius 1 is 1.39 bits per heavy atom. The van der Waals surface area contributed by atoms with Crippen LogP contribution in [0.4, 0.5) is 10.7 Å². The molecule has 1 aliphatic carbocycles. The summed E-state index contributed by atoms with van der Waals surface area (Å²) in [5.74, 6) is 0.0963. The molecule has 1 aliphatic rings. The normalized spacial score (nSPS) is 19.1. The van der Waals surface area contributed by atoms with E-state index in [2.05, 4.69) is 13.8 Å². The second kappa shape index (κ2) is 9.05. The van der Waals surface area contributed by atoms with Gasteiger partial charge in [0.15, 0.2) is 0 Å². The molecule has 10 heteroatoms. The number of carbonyl (C=O) groups excluding carboxylic acids is 1. The number of primary amides is 1. The largest absolute Gasteiger partial charge is 0.473 e. The molecule has 2 aromatic rings. The van der Waals surface area contributed by atoms with Crippen molar-refractivity contribution >= 4 is 56.6 Å². The Kier molecular flexibility index (Phi) is 6.73. The first kappa shape index (κ1) is 20.8. The van der Waals surface area contributed by atoms with Gasteiger partial charge in [-0.1, -0.05) is 0 Å². The highest BCUT2D eigenvalue weighted by atomic mass is 127. The Balaban J connectivity index is 1.81. The van der Waals surface area contributed by atoms with E-state index in [1.54, 1.807) is 19.2 Å². The van der Waals surface area contributed by atoms with E-state index in [0.717, 1.165) is 25.7 Å². The molecule has 0 bridgehead atoms. The van der Waals surface area contributed by atoms with Gasteiger partial charge in [-0.25, -0.2) is 4.98 Å². The van der Waals surface area contributed by atoms with Crippen LogP contribution in [0.3, 0.4) is 0 Å². The molecule has 0 spiro atoms. The highest BCUT2D eigenvalue weighted by molar-refractivity contribution is 14.1. The number of halogens is 1. The summed E-state index contributed by atoms with van der Waals surface area (Å²) in [5.41, 5.74) is 13.3. The maximum absolute atomic E-state index is 11.7. The van der Waals surface area contributed by atoms with E-state index < -0.39 is 5.91 Å². The number of hydrogen-bond donors (Lipinski definition) is 5. The number of carbonyl (C=O) groups is 1. The maximum Gasteiger partial charge on any atom is 0.259 e. The van der Waals surface area contributed by atoms with E-state index in [1.165, 1.54) is 11.3 Å². The van der Waals surface area contributed by atoms with Gasteiger partial charge in [0.1, 0.15) is 22.6 Å². The van der Waals surface area contributed by atoms with Crippen LogP contribution in [0.25, 0.3) is 0 Å². The fourth-order valence-corrected chi connectivity index (χ4v) is 4.81. The van der Waals surface area contributed by atoms with E-state index in [1.807, 2.05) is 28.9 Å². The lowest BCUT2D eigenvalue weighted by molar-refractivity contribution is 0.100. The predicted molar refractivity (Wildman–Crippen MR) is 121 cm³/mol. The summed E-state index contributed by atoms with van der Waals surface area (Å²) in [7, 11) is 0. The summed E-state index contributed by atoms with van der Waals surface area (Å²) in [6, 6.07) is 3.85. The zero-order valence-electron chi connectivity index (χ0n) is 15.4. The number of ether oxygens (including phenoxy) is 1. The monoisotopic (exact) mass is 514 g/mol. The van der Waals surface area contributed by atoms with E-state index >= 15 is 0 Å². The highest BCUT2D eigenvalue weighted by Gasteiger charge is 2.24. The molecule has 28 heavy (non-hydrogen) atoms. The molecule has 1 fully saturated rings. The molecule has 0 unspecified atom stereocenters. The third kappa shape index (κ3) is 4.55. The molecule has 0 aromatic carbocycles. The number of nitrogens with zero attached hydrogens (tertiary/aromatic N) is 1. The summed E-state index contributed by atoms with van der Waals surface area (Å²) in [6.07, 6.45) is 5.39. The van der Waals surface area contributed by atoms with Gasteiger partial charge in [0.05, 0.1) is 33.3 Å². The van der Waals surface area contributed by atoms with Gasteiger partial charge in [-0.3, -0.25) is 10.2 Å². The summed E-state index contributed by atoms with van der Waals surface area (Å²) in [6.45, 7) is 1.78. The lowest BCUT2D eigenvalue weighted by Gasteiger charge is -2.27. The van der Waals surface area contributed by atoms with Crippen molar-refractivity contribution in [3.63, 3.8) is 0 Å². The second-order valence-corrected chi connectivity index (χ2v) is 8.29. The zero-order valence-corrected chi connectivity index (χ0v) is 18.4. The number of anilines is 2. The molecule has 0 aliphatic heterocycles. The van der Waals surface area contributed by atoms with Crippen molar-refractivity contribution in [3.05, 3.63) is 34.3 Å². The van der Waals surface area contributed by atoms with E-state index in [9.17, 15) is 4.79 Å².